The second kappa shape index (κ2) is 4.93. The van der Waals surface area contributed by atoms with Crippen molar-refractivity contribution in [2.45, 2.75) is 10.9 Å². The highest BCUT2D eigenvalue weighted by atomic mass is 32.2. The van der Waals surface area contributed by atoms with Crippen LogP contribution >= 0.6 is 23.1 Å². The molecule has 1 N–H and O–H groups in total. The van der Waals surface area contributed by atoms with E-state index >= 15 is 0 Å². The molecule has 0 aliphatic heterocycles. The molecule has 0 saturated carbocycles. The van der Waals surface area contributed by atoms with Crippen molar-refractivity contribution >= 4 is 39.1 Å². The molecule has 0 unspecified atom stereocenters. The number of aromatic amines is 1. The Balaban J connectivity index is 1.61. The first-order valence-electron chi connectivity index (χ1n) is 6.06. The molecule has 9 heteroatoms. The van der Waals surface area contributed by atoms with Crippen LogP contribution < -0.4 is 5.56 Å². The van der Waals surface area contributed by atoms with Gasteiger partial charge in [0.15, 0.2) is 0 Å². The van der Waals surface area contributed by atoms with Crippen LogP contribution in [0, 0.1) is 0 Å². The number of fused-ring (bicyclic) bond motifs is 2. The fourth-order valence-corrected chi connectivity index (χ4v) is 3.32. The fraction of sp³-hybridized carbons (Fsp3) is 0.0833. The summed E-state index contributed by atoms with van der Waals surface area (Å²) in [7, 11) is 0. The van der Waals surface area contributed by atoms with Gasteiger partial charge in [0.1, 0.15) is 10.5 Å². The third-order valence-corrected chi connectivity index (χ3v) is 4.55. The van der Waals surface area contributed by atoms with Gasteiger partial charge in [-0.3, -0.25) is 4.79 Å². The van der Waals surface area contributed by atoms with Gasteiger partial charge in [-0.2, -0.15) is 4.98 Å². The molecule has 4 rings (SSSR count). The first-order valence-corrected chi connectivity index (χ1v) is 7.93. The van der Waals surface area contributed by atoms with E-state index in [2.05, 4.69) is 25.0 Å². The van der Waals surface area contributed by atoms with Gasteiger partial charge in [-0.15, -0.1) is 16.4 Å². The molecule has 0 radical (unpaired) electrons. The minimum absolute atomic E-state index is 0.102. The quantitative estimate of drug-likeness (QED) is 0.579. The second-order valence-electron chi connectivity index (χ2n) is 4.19. The number of thiophene rings is 1. The van der Waals surface area contributed by atoms with Crippen LogP contribution in [0.4, 0.5) is 0 Å². The highest BCUT2D eigenvalue weighted by Crippen LogP contribution is 2.19. The average molecular weight is 316 g/mol. The molecular formula is C12H8N6OS2. The maximum atomic E-state index is 11.9. The van der Waals surface area contributed by atoms with E-state index in [1.54, 1.807) is 23.0 Å². The van der Waals surface area contributed by atoms with E-state index in [0.29, 0.717) is 27.2 Å². The van der Waals surface area contributed by atoms with Gasteiger partial charge in [-0.05, 0) is 17.5 Å². The maximum Gasteiger partial charge on any atom is 0.268 e. The predicted octanol–water partition coefficient (Wildman–Crippen LogP) is 1.71. The lowest BCUT2D eigenvalue weighted by Gasteiger charge is -1.98. The summed E-state index contributed by atoms with van der Waals surface area (Å²) in [6, 6.07) is 3.64. The van der Waals surface area contributed by atoms with Gasteiger partial charge in [0, 0.05) is 12.4 Å². The Labute approximate surface area is 126 Å². The summed E-state index contributed by atoms with van der Waals surface area (Å²) in [5, 5.41) is 6.75. The van der Waals surface area contributed by atoms with E-state index in [4.69, 9.17) is 0 Å². The molecule has 7 nitrogen and oxygen atoms in total. The molecule has 4 aromatic rings. The lowest BCUT2D eigenvalue weighted by molar-refractivity contribution is 0.878. The van der Waals surface area contributed by atoms with Crippen LogP contribution in [0.25, 0.3) is 16.0 Å². The Hall–Kier alpha value is -2.26. The van der Waals surface area contributed by atoms with E-state index in [9.17, 15) is 4.79 Å². The molecule has 4 aromatic heterocycles. The molecule has 0 spiro atoms. The third-order valence-electron chi connectivity index (χ3n) is 2.80. The lowest BCUT2D eigenvalue weighted by atomic mass is 10.4. The Kier molecular flexibility index (Phi) is 2.93. The fourth-order valence-electron chi connectivity index (χ4n) is 1.90. The van der Waals surface area contributed by atoms with Gasteiger partial charge in [0.2, 0.25) is 5.16 Å². The van der Waals surface area contributed by atoms with Crippen LogP contribution in [0.1, 0.15) is 5.82 Å². The summed E-state index contributed by atoms with van der Waals surface area (Å²) in [5.74, 6) is 1.66. The minimum atomic E-state index is -0.102. The number of H-pyrrole nitrogens is 1. The third kappa shape index (κ3) is 2.30. The monoisotopic (exact) mass is 316 g/mol. The number of nitrogens with zero attached hydrogens (tertiary/aromatic N) is 5. The van der Waals surface area contributed by atoms with Crippen LogP contribution in [0.2, 0.25) is 0 Å². The zero-order chi connectivity index (χ0) is 14.2. The molecule has 0 aromatic carbocycles. The summed E-state index contributed by atoms with van der Waals surface area (Å²) in [4.78, 5) is 27.5. The standard InChI is InChI=1S/C12H8N6OS2/c19-10-9-7(2-5-20-9)14-8(15-10)6-21-12-16-11-13-3-1-4-18(11)17-12/h1-5H,6H2,(H,14,15,19). The largest absolute Gasteiger partial charge is 0.309 e. The van der Waals surface area contributed by atoms with Crippen LogP contribution in [0.15, 0.2) is 39.9 Å². The second-order valence-corrected chi connectivity index (χ2v) is 6.05. The Bertz CT molecular complexity index is 955. The summed E-state index contributed by atoms with van der Waals surface area (Å²) in [5.41, 5.74) is 0.624. The molecule has 0 aliphatic carbocycles. The number of hydrogen-bond acceptors (Lipinski definition) is 7. The van der Waals surface area contributed by atoms with Gasteiger partial charge in [-0.25, -0.2) is 14.5 Å². The molecule has 0 atom stereocenters. The summed E-state index contributed by atoms with van der Waals surface area (Å²) in [6.07, 6.45) is 3.46. The first kappa shape index (κ1) is 12.5. The first-order chi connectivity index (χ1) is 10.3. The predicted molar refractivity (Wildman–Crippen MR) is 80.6 cm³/mol. The van der Waals surface area contributed by atoms with Crippen LogP contribution in [0.3, 0.4) is 0 Å². The normalized spacial score (nSPS) is 11.4. The zero-order valence-corrected chi connectivity index (χ0v) is 12.2. The van der Waals surface area contributed by atoms with Crippen molar-refractivity contribution in [3.8, 4) is 0 Å². The molecule has 104 valence electrons. The number of hydrogen-bond donors (Lipinski definition) is 1. The van der Waals surface area contributed by atoms with Crippen LogP contribution in [-0.4, -0.2) is 29.5 Å². The molecule has 4 heterocycles. The van der Waals surface area contributed by atoms with Crippen LogP contribution in [-0.2, 0) is 5.75 Å². The molecular weight excluding hydrogens is 308 g/mol. The zero-order valence-electron chi connectivity index (χ0n) is 10.6. The van der Waals surface area contributed by atoms with E-state index in [-0.39, 0.29) is 5.56 Å². The van der Waals surface area contributed by atoms with Crippen molar-refractivity contribution in [2.24, 2.45) is 0 Å². The van der Waals surface area contributed by atoms with Gasteiger partial charge in [0.25, 0.3) is 11.3 Å². The van der Waals surface area contributed by atoms with E-state index < -0.39 is 0 Å². The number of rotatable bonds is 3. The van der Waals surface area contributed by atoms with Crippen LogP contribution in [0.5, 0.6) is 0 Å². The van der Waals surface area contributed by atoms with Gasteiger partial charge in [0.05, 0.1) is 11.3 Å². The van der Waals surface area contributed by atoms with Gasteiger partial charge >= 0.3 is 0 Å². The van der Waals surface area contributed by atoms with E-state index in [1.807, 2.05) is 11.4 Å². The van der Waals surface area contributed by atoms with Crippen molar-refractivity contribution in [3.05, 3.63) is 46.1 Å². The Morgan fingerprint density at radius 2 is 2.33 bits per heavy atom. The van der Waals surface area contributed by atoms with Crippen molar-refractivity contribution in [2.75, 3.05) is 0 Å². The molecule has 0 saturated heterocycles. The maximum absolute atomic E-state index is 11.9. The van der Waals surface area contributed by atoms with Crippen molar-refractivity contribution in [3.63, 3.8) is 0 Å². The topological polar surface area (TPSA) is 88.8 Å². The highest BCUT2D eigenvalue weighted by molar-refractivity contribution is 7.98. The van der Waals surface area contributed by atoms with Crippen molar-refractivity contribution in [1.29, 1.82) is 0 Å². The molecule has 21 heavy (non-hydrogen) atoms. The molecule has 0 bridgehead atoms. The minimum Gasteiger partial charge on any atom is -0.309 e. The van der Waals surface area contributed by atoms with Gasteiger partial charge in [-0.1, -0.05) is 11.8 Å². The molecule has 0 aliphatic rings. The number of nitrogens with one attached hydrogen (secondary N) is 1. The number of aromatic nitrogens is 6. The smallest absolute Gasteiger partial charge is 0.268 e. The molecule has 0 fully saturated rings. The highest BCUT2D eigenvalue weighted by Gasteiger charge is 2.08. The summed E-state index contributed by atoms with van der Waals surface area (Å²) >= 11 is 2.80. The lowest BCUT2D eigenvalue weighted by Crippen LogP contribution is -2.09. The summed E-state index contributed by atoms with van der Waals surface area (Å²) in [6.45, 7) is 0. The average Bonchev–Trinajstić information content (AvgIpc) is 3.11. The Morgan fingerprint density at radius 1 is 1.38 bits per heavy atom. The Morgan fingerprint density at radius 3 is 3.24 bits per heavy atom. The van der Waals surface area contributed by atoms with E-state index in [1.165, 1.54) is 23.1 Å². The summed E-state index contributed by atoms with van der Waals surface area (Å²) < 4.78 is 2.26. The van der Waals surface area contributed by atoms with Crippen molar-refractivity contribution in [1.82, 2.24) is 29.5 Å². The van der Waals surface area contributed by atoms with E-state index in [0.717, 1.165) is 5.52 Å². The molecule has 0 amide bonds. The van der Waals surface area contributed by atoms with Gasteiger partial charge < -0.3 is 4.98 Å². The number of thioether (sulfide) groups is 1. The SMILES string of the molecule is O=c1[nH]c(CSc2nc3ncccn3n2)nc2ccsc12. The van der Waals surface area contributed by atoms with Crippen molar-refractivity contribution < 1.29 is 0 Å².